The van der Waals surface area contributed by atoms with E-state index >= 15 is 0 Å². The van der Waals surface area contributed by atoms with Gasteiger partial charge in [0.05, 0.1) is 5.75 Å². The van der Waals surface area contributed by atoms with Gasteiger partial charge in [-0.2, -0.15) is 8.42 Å². The van der Waals surface area contributed by atoms with Crippen LogP contribution in [0.2, 0.25) is 0 Å². The Morgan fingerprint density at radius 1 is 1.00 bits per heavy atom. The standard InChI is InChI=1S/C26H32N2O8S/c1-26(2,3)36-23(29)13-12-22(24(30)27-14-15-37(32,33)34)28-25(31)35-16-21-19-10-6-4-8-17(19)18-9-5-7-11-20(18)21/h4-11,21-22H,12-16H2,1-3H3,(H,27,30)(H,28,31)(H,32,33,34)/t22-/m0/s1. The summed E-state index contributed by atoms with van der Waals surface area (Å²) in [6, 6.07) is 14.5. The molecule has 1 atom stereocenters. The van der Waals surface area contributed by atoms with Gasteiger partial charge in [-0.25, -0.2) is 4.79 Å². The first kappa shape index (κ1) is 28.1. The molecule has 10 nitrogen and oxygen atoms in total. The Balaban J connectivity index is 1.64. The Bertz CT molecular complexity index is 1210. The molecule has 2 aromatic carbocycles. The molecule has 0 saturated heterocycles. The van der Waals surface area contributed by atoms with Gasteiger partial charge in [-0.05, 0) is 49.4 Å². The Morgan fingerprint density at radius 2 is 1.57 bits per heavy atom. The summed E-state index contributed by atoms with van der Waals surface area (Å²) >= 11 is 0. The highest BCUT2D eigenvalue weighted by Crippen LogP contribution is 2.44. The van der Waals surface area contributed by atoms with Crippen molar-refractivity contribution in [3.8, 4) is 11.1 Å². The van der Waals surface area contributed by atoms with E-state index in [0.29, 0.717) is 0 Å². The molecule has 1 aliphatic carbocycles. The minimum Gasteiger partial charge on any atom is -0.460 e. The zero-order chi connectivity index (χ0) is 27.2. The SMILES string of the molecule is CC(C)(C)OC(=O)CC[C@H](NC(=O)OCC1c2ccccc2-c2ccccc21)C(=O)NCCS(=O)(=O)O. The van der Waals surface area contributed by atoms with Crippen LogP contribution in [0, 0.1) is 0 Å². The molecule has 0 unspecified atom stereocenters. The maximum absolute atomic E-state index is 12.7. The third-order valence-electron chi connectivity index (χ3n) is 5.67. The summed E-state index contributed by atoms with van der Waals surface area (Å²) in [5, 5.41) is 4.80. The maximum Gasteiger partial charge on any atom is 0.407 e. The molecule has 2 amide bonds. The molecule has 0 spiro atoms. The number of carbonyl (C=O) groups excluding carboxylic acids is 3. The average Bonchev–Trinajstić information content (AvgIpc) is 3.12. The highest BCUT2D eigenvalue weighted by molar-refractivity contribution is 7.85. The molecule has 0 bridgehead atoms. The van der Waals surface area contributed by atoms with E-state index in [1.54, 1.807) is 20.8 Å². The summed E-state index contributed by atoms with van der Waals surface area (Å²) in [5.74, 6) is -2.15. The van der Waals surface area contributed by atoms with Gasteiger partial charge in [-0.1, -0.05) is 48.5 Å². The van der Waals surface area contributed by atoms with Crippen LogP contribution in [0.15, 0.2) is 48.5 Å². The van der Waals surface area contributed by atoms with Crippen LogP contribution in [0.25, 0.3) is 11.1 Å². The van der Waals surface area contributed by atoms with Crippen molar-refractivity contribution in [1.29, 1.82) is 0 Å². The van der Waals surface area contributed by atoms with E-state index in [-0.39, 0.29) is 31.9 Å². The number of hydrogen-bond acceptors (Lipinski definition) is 7. The number of amides is 2. The second-order valence-electron chi connectivity index (χ2n) is 9.72. The van der Waals surface area contributed by atoms with Gasteiger partial charge in [-0.15, -0.1) is 0 Å². The maximum atomic E-state index is 12.7. The highest BCUT2D eigenvalue weighted by atomic mass is 32.2. The summed E-state index contributed by atoms with van der Waals surface area (Å²) in [6.07, 6.45) is -1.13. The molecule has 0 radical (unpaired) electrons. The molecule has 2 aromatic rings. The van der Waals surface area contributed by atoms with Crippen LogP contribution < -0.4 is 10.6 Å². The third-order valence-corrected chi connectivity index (χ3v) is 6.39. The molecule has 0 aliphatic heterocycles. The summed E-state index contributed by atoms with van der Waals surface area (Å²) in [5.41, 5.74) is 3.48. The monoisotopic (exact) mass is 532 g/mol. The lowest BCUT2D eigenvalue weighted by atomic mass is 9.98. The van der Waals surface area contributed by atoms with Gasteiger partial charge < -0.3 is 20.1 Å². The fraction of sp³-hybridized carbons (Fsp3) is 0.423. The van der Waals surface area contributed by atoms with E-state index in [4.69, 9.17) is 14.0 Å². The van der Waals surface area contributed by atoms with Crippen molar-refractivity contribution < 1.29 is 36.8 Å². The number of fused-ring (bicyclic) bond motifs is 3. The van der Waals surface area contributed by atoms with Gasteiger partial charge >= 0.3 is 12.1 Å². The normalized spacial score (nSPS) is 13.7. The van der Waals surface area contributed by atoms with Gasteiger partial charge in [0.2, 0.25) is 5.91 Å². The lowest BCUT2D eigenvalue weighted by Crippen LogP contribution is -2.48. The molecule has 3 N–H and O–H groups in total. The Hall–Kier alpha value is -3.44. The molecule has 0 heterocycles. The second-order valence-corrected chi connectivity index (χ2v) is 11.3. The van der Waals surface area contributed by atoms with Gasteiger partial charge in [0.15, 0.2) is 0 Å². The minimum atomic E-state index is -4.28. The quantitative estimate of drug-likeness (QED) is 0.312. The number of alkyl carbamates (subject to hydrolysis) is 1. The van der Waals surface area contributed by atoms with Gasteiger partial charge in [0.25, 0.3) is 10.1 Å². The molecular weight excluding hydrogens is 500 g/mol. The first-order valence-electron chi connectivity index (χ1n) is 11.9. The largest absolute Gasteiger partial charge is 0.460 e. The van der Waals surface area contributed by atoms with Crippen molar-refractivity contribution in [1.82, 2.24) is 10.6 Å². The van der Waals surface area contributed by atoms with Crippen molar-refractivity contribution in [2.24, 2.45) is 0 Å². The minimum absolute atomic E-state index is 0.0308. The van der Waals surface area contributed by atoms with Crippen molar-refractivity contribution in [3.05, 3.63) is 59.7 Å². The molecule has 37 heavy (non-hydrogen) atoms. The molecule has 0 aromatic heterocycles. The fourth-order valence-electron chi connectivity index (χ4n) is 4.13. The van der Waals surface area contributed by atoms with Gasteiger partial charge in [0, 0.05) is 18.9 Å². The average molecular weight is 533 g/mol. The van der Waals surface area contributed by atoms with Crippen LogP contribution in [0.1, 0.15) is 50.7 Å². The van der Waals surface area contributed by atoms with E-state index < -0.39 is 45.5 Å². The van der Waals surface area contributed by atoms with E-state index in [1.807, 2.05) is 48.5 Å². The topological polar surface area (TPSA) is 148 Å². The third kappa shape index (κ3) is 8.29. The lowest BCUT2D eigenvalue weighted by molar-refractivity contribution is -0.155. The van der Waals surface area contributed by atoms with Crippen LogP contribution in [0.5, 0.6) is 0 Å². The van der Waals surface area contributed by atoms with Crippen LogP contribution in [-0.4, -0.2) is 61.5 Å². The zero-order valence-electron chi connectivity index (χ0n) is 21.0. The van der Waals surface area contributed by atoms with Crippen molar-refractivity contribution in [3.63, 3.8) is 0 Å². The molecule has 0 saturated carbocycles. The van der Waals surface area contributed by atoms with Gasteiger partial charge in [-0.3, -0.25) is 14.1 Å². The van der Waals surface area contributed by atoms with Crippen LogP contribution >= 0.6 is 0 Å². The summed E-state index contributed by atoms with van der Waals surface area (Å²) < 4.78 is 41.5. The summed E-state index contributed by atoms with van der Waals surface area (Å²) in [7, 11) is -4.28. The molecule has 11 heteroatoms. The molecule has 3 rings (SSSR count). The van der Waals surface area contributed by atoms with E-state index in [2.05, 4.69) is 10.6 Å². The summed E-state index contributed by atoms with van der Waals surface area (Å²) in [6.45, 7) is 4.79. The van der Waals surface area contributed by atoms with E-state index in [0.717, 1.165) is 22.3 Å². The smallest absolute Gasteiger partial charge is 0.407 e. The number of nitrogens with one attached hydrogen (secondary N) is 2. The first-order valence-corrected chi connectivity index (χ1v) is 13.5. The molecule has 1 aliphatic rings. The van der Waals surface area contributed by atoms with E-state index in [9.17, 15) is 22.8 Å². The van der Waals surface area contributed by atoms with Crippen molar-refractivity contribution in [2.45, 2.75) is 51.2 Å². The van der Waals surface area contributed by atoms with Crippen LogP contribution in [0.4, 0.5) is 4.79 Å². The zero-order valence-corrected chi connectivity index (χ0v) is 21.8. The Morgan fingerprint density at radius 3 is 2.11 bits per heavy atom. The van der Waals surface area contributed by atoms with Gasteiger partial charge in [0.1, 0.15) is 18.2 Å². The number of carbonyl (C=O) groups is 3. The number of ether oxygens (including phenoxy) is 2. The number of benzene rings is 2. The predicted octanol–water partition coefficient (Wildman–Crippen LogP) is 3.02. The highest BCUT2D eigenvalue weighted by Gasteiger charge is 2.30. The molecule has 200 valence electrons. The second kappa shape index (κ2) is 11.7. The molecule has 0 fully saturated rings. The van der Waals surface area contributed by atoms with Crippen LogP contribution in [-0.2, 0) is 29.2 Å². The van der Waals surface area contributed by atoms with E-state index in [1.165, 1.54) is 0 Å². The number of esters is 1. The first-order chi connectivity index (χ1) is 17.3. The Kier molecular flexibility index (Phi) is 8.93. The van der Waals surface area contributed by atoms with Crippen molar-refractivity contribution >= 4 is 28.1 Å². The lowest BCUT2D eigenvalue weighted by Gasteiger charge is -2.22. The fourth-order valence-corrected chi connectivity index (χ4v) is 4.49. The molecular formula is C26H32N2O8S. The summed E-state index contributed by atoms with van der Waals surface area (Å²) in [4.78, 5) is 37.5. The number of rotatable bonds is 10. The predicted molar refractivity (Wildman–Crippen MR) is 136 cm³/mol. The van der Waals surface area contributed by atoms with Crippen LogP contribution in [0.3, 0.4) is 0 Å². The Labute approximate surface area is 216 Å². The number of hydrogen-bond donors (Lipinski definition) is 3. The van der Waals surface area contributed by atoms with Crippen molar-refractivity contribution in [2.75, 3.05) is 18.9 Å².